The first-order valence-corrected chi connectivity index (χ1v) is 6.27. The van der Waals surface area contributed by atoms with E-state index in [1.54, 1.807) is 13.0 Å². The fourth-order valence-corrected chi connectivity index (χ4v) is 1.80. The Morgan fingerprint density at radius 3 is 2.86 bits per heavy atom. The van der Waals surface area contributed by atoms with Crippen molar-refractivity contribution in [2.45, 2.75) is 13.5 Å². The Labute approximate surface area is 120 Å². The first kappa shape index (κ1) is 14.7. The first-order chi connectivity index (χ1) is 9.97. The molecule has 2 N–H and O–H groups in total. The second kappa shape index (κ2) is 6.17. The standard InChI is InChI=1S/C14H14FN3O3/c1-9-2-3-11(15)10(6-9)13(19)16-4-5-18-7-12(14(20)21)17-8-18/h2-3,6-8H,4-5H2,1H3,(H,16,19)(H,20,21). The quantitative estimate of drug-likeness (QED) is 0.873. The van der Waals surface area contributed by atoms with E-state index in [-0.39, 0.29) is 17.8 Å². The van der Waals surface area contributed by atoms with Gasteiger partial charge in [-0.15, -0.1) is 0 Å². The van der Waals surface area contributed by atoms with Crippen molar-refractivity contribution in [2.24, 2.45) is 0 Å². The minimum absolute atomic E-state index is 0.00754. The molecule has 2 rings (SSSR count). The lowest BCUT2D eigenvalue weighted by Crippen LogP contribution is -2.27. The Kier molecular flexibility index (Phi) is 4.32. The number of imidazole rings is 1. The number of carboxylic acid groups (broad SMARTS) is 1. The summed E-state index contributed by atoms with van der Waals surface area (Å²) in [6, 6.07) is 4.31. The van der Waals surface area contributed by atoms with Gasteiger partial charge in [0, 0.05) is 19.3 Å². The summed E-state index contributed by atoms with van der Waals surface area (Å²) in [5.41, 5.74) is 0.722. The predicted octanol–water partition coefficient (Wildman–Crippen LogP) is 1.46. The second-order valence-electron chi connectivity index (χ2n) is 4.54. The van der Waals surface area contributed by atoms with Crippen molar-refractivity contribution in [3.8, 4) is 0 Å². The van der Waals surface area contributed by atoms with Crippen LogP contribution in [0.2, 0.25) is 0 Å². The van der Waals surface area contributed by atoms with Gasteiger partial charge in [-0.1, -0.05) is 11.6 Å². The van der Waals surface area contributed by atoms with Crippen LogP contribution in [0.5, 0.6) is 0 Å². The fourth-order valence-electron chi connectivity index (χ4n) is 1.80. The van der Waals surface area contributed by atoms with Crippen molar-refractivity contribution in [2.75, 3.05) is 6.54 Å². The number of hydrogen-bond acceptors (Lipinski definition) is 3. The summed E-state index contributed by atoms with van der Waals surface area (Å²) >= 11 is 0. The van der Waals surface area contributed by atoms with Crippen LogP contribution >= 0.6 is 0 Å². The maximum Gasteiger partial charge on any atom is 0.356 e. The molecule has 0 fully saturated rings. The number of benzene rings is 1. The number of hydrogen-bond donors (Lipinski definition) is 2. The van der Waals surface area contributed by atoms with Gasteiger partial charge in [-0.25, -0.2) is 14.2 Å². The van der Waals surface area contributed by atoms with E-state index >= 15 is 0 Å². The largest absolute Gasteiger partial charge is 0.476 e. The molecule has 1 aromatic carbocycles. The normalized spacial score (nSPS) is 10.4. The van der Waals surface area contributed by atoms with Gasteiger partial charge in [-0.05, 0) is 19.1 Å². The van der Waals surface area contributed by atoms with Crippen molar-refractivity contribution < 1.29 is 19.1 Å². The summed E-state index contributed by atoms with van der Waals surface area (Å²) in [5.74, 6) is -2.19. The highest BCUT2D eigenvalue weighted by atomic mass is 19.1. The highest BCUT2D eigenvalue weighted by molar-refractivity contribution is 5.94. The monoisotopic (exact) mass is 291 g/mol. The Hall–Kier alpha value is -2.70. The van der Waals surface area contributed by atoms with Crippen molar-refractivity contribution in [1.82, 2.24) is 14.9 Å². The molecule has 2 aromatic rings. The van der Waals surface area contributed by atoms with Crippen LogP contribution in [0.1, 0.15) is 26.4 Å². The van der Waals surface area contributed by atoms with Gasteiger partial charge >= 0.3 is 5.97 Å². The number of carboxylic acids is 1. The average molecular weight is 291 g/mol. The molecule has 1 amide bonds. The Morgan fingerprint density at radius 1 is 1.43 bits per heavy atom. The van der Waals surface area contributed by atoms with Crippen LogP contribution in [0.3, 0.4) is 0 Å². The molecule has 0 radical (unpaired) electrons. The molecule has 0 unspecified atom stereocenters. The minimum atomic E-state index is -1.11. The Bertz CT molecular complexity index is 682. The molecule has 0 atom stereocenters. The third kappa shape index (κ3) is 3.65. The summed E-state index contributed by atoms with van der Waals surface area (Å²) in [7, 11) is 0. The summed E-state index contributed by atoms with van der Waals surface area (Å²) in [5, 5.41) is 11.3. The van der Waals surface area contributed by atoms with E-state index in [2.05, 4.69) is 10.3 Å². The average Bonchev–Trinajstić information content (AvgIpc) is 2.90. The highest BCUT2D eigenvalue weighted by Crippen LogP contribution is 2.09. The van der Waals surface area contributed by atoms with Crippen molar-refractivity contribution in [3.63, 3.8) is 0 Å². The van der Waals surface area contributed by atoms with Crippen LogP contribution in [0, 0.1) is 12.7 Å². The lowest BCUT2D eigenvalue weighted by molar-refractivity contribution is 0.0690. The van der Waals surface area contributed by atoms with Gasteiger partial charge < -0.3 is 15.0 Å². The molecule has 0 saturated heterocycles. The zero-order valence-corrected chi connectivity index (χ0v) is 11.3. The molecule has 1 heterocycles. The maximum absolute atomic E-state index is 13.5. The number of amides is 1. The maximum atomic E-state index is 13.5. The van der Waals surface area contributed by atoms with E-state index in [1.807, 2.05) is 0 Å². The number of aryl methyl sites for hydroxylation is 1. The number of aromatic nitrogens is 2. The van der Waals surface area contributed by atoms with Gasteiger partial charge in [0.1, 0.15) is 5.82 Å². The molecule has 110 valence electrons. The first-order valence-electron chi connectivity index (χ1n) is 6.27. The van der Waals surface area contributed by atoms with Gasteiger partial charge in [0.25, 0.3) is 5.91 Å². The molecule has 0 spiro atoms. The molecule has 0 bridgehead atoms. The molecule has 7 heteroatoms. The van der Waals surface area contributed by atoms with Crippen LogP contribution in [0.4, 0.5) is 4.39 Å². The minimum Gasteiger partial charge on any atom is -0.476 e. The van der Waals surface area contributed by atoms with Crippen LogP contribution in [-0.4, -0.2) is 33.1 Å². The van der Waals surface area contributed by atoms with Gasteiger partial charge in [-0.3, -0.25) is 4.79 Å². The summed E-state index contributed by atoms with van der Waals surface area (Å²) < 4.78 is 15.1. The lowest BCUT2D eigenvalue weighted by Gasteiger charge is -2.07. The van der Waals surface area contributed by atoms with E-state index in [9.17, 15) is 14.0 Å². The number of carbonyl (C=O) groups is 2. The molecular weight excluding hydrogens is 277 g/mol. The van der Waals surface area contributed by atoms with Crippen molar-refractivity contribution in [1.29, 1.82) is 0 Å². The zero-order chi connectivity index (χ0) is 15.4. The number of rotatable bonds is 5. The van der Waals surface area contributed by atoms with Crippen molar-refractivity contribution >= 4 is 11.9 Å². The van der Waals surface area contributed by atoms with E-state index in [0.717, 1.165) is 5.56 Å². The van der Waals surface area contributed by atoms with Gasteiger partial charge in [0.2, 0.25) is 0 Å². The highest BCUT2D eigenvalue weighted by Gasteiger charge is 2.11. The smallest absolute Gasteiger partial charge is 0.356 e. The molecular formula is C14H14FN3O3. The van der Waals surface area contributed by atoms with Gasteiger partial charge in [0.15, 0.2) is 5.69 Å². The SMILES string of the molecule is Cc1ccc(F)c(C(=O)NCCn2cnc(C(=O)O)c2)c1. The molecule has 6 nitrogen and oxygen atoms in total. The Balaban J connectivity index is 1.92. The number of carbonyl (C=O) groups excluding carboxylic acids is 1. The van der Waals surface area contributed by atoms with Gasteiger partial charge in [-0.2, -0.15) is 0 Å². The van der Waals surface area contributed by atoms with Crippen LogP contribution in [-0.2, 0) is 6.54 Å². The van der Waals surface area contributed by atoms with Crippen molar-refractivity contribution in [3.05, 3.63) is 53.4 Å². The van der Waals surface area contributed by atoms with E-state index in [0.29, 0.717) is 6.54 Å². The third-order valence-electron chi connectivity index (χ3n) is 2.87. The number of halogens is 1. The molecule has 1 aromatic heterocycles. The van der Waals surface area contributed by atoms with E-state index < -0.39 is 17.7 Å². The van der Waals surface area contributed by atoms with E-state index in [4.69, 9.17) is 5.11 Å². The Morgan fingerprint density at radius 2 is 2.19 bits per heavy atom. The summed E-state index contributed by atoms with van der Waals surface area (Å²) in [6.07, 6.45) is 2.73. The summed E-state index contributed by atoms with van der Waals surface area (Å²) in [6.45, 7) is 2.36. The zero-order valence-electron chi connectivity index (χ0n) is 11.3. The molecule has 0 aliphatic rings. The molecule has 0 aliphatic carbocycles. The molecule has 0 aliphatic heterocycles. The molecule has 0 saturated carbocycles. The van der Waals surface area contributed by atoms with Crippen LogP contribution in [0.25, 0.3) is 0 Å². The second-order valence-corrected chi connectivity index (χ2v) is 4.54. The number of nitrogens with zero attached hydrogens (tertiary/aromatic N) is 2. The summed E-state index contributed by atoms with van der Waals surface area (Å²) in [4.78, 5) is 26.2. The van der Waals surface area contributed by atoms with Gasteiger partial charge in [0.05, 0.1) is 11.9 Å². The number of aromatic carboxylic acids is 1. The predicted molar refractivity (Wildman–Crippen MR) is 72.7 cm³/mol. The lowest BCUT2D eigenvalue weighted by atomic mass is 10.1. The van der Waals surface area contributed by atoms with E-state index in [1.165, 1.54) is 29.2 Å². The molecule has 21 heavy (non-hydrogen) atoms. The number of nitrogens with one attached hydrogen (secondary N) is 1. The van der Waals surface area contributed by atoms with Crippen LogP contribution < -0.4 is 5.32 Å². The third-order valence-corrected chi connectivity index (χ3v) is 2.87. The fraction of sp³-hybridized carbons (Fsp3) is 0.214. The topological polar surface area (TPSA) is 84.2 Å². The van der Waals surface area contributed by atoms with Crippen LogP contribution in [0.15, 0.2) is 30.7 Å².